The molecule has 8 heteroatoms. The standard InChI is InChI=1S/C22H24ClNO6/c1-21(2,3)30-20(27)24-22(15-7-4-5-8-16(15)23)11-6-9-17(18(22)25)29-19(26)14-10-12-28-13-14/h4-5,7-8,10,12-13,17H,6,9,11H2,1-3H3,(H,24,27). The van der Waals surface area contributed by atoms with Gasteiger partial charge in [-0.05, 0) is 52.2 Å². The molecule has 0 aliphatic heterocycles. The summed E-state index contributed by atoms with van der Waals surface area (Å²) < 4.78 is 15.7. The first-order valence-electron chi connectivity index (χ1n) is 9.66. The van der Waals surface area contributed by atoms with E-state index in [-0.39, 0.29) is 5.56 Å². The number of ketones is 1. The van der Waals surface area contributed by atoms with Crippen molar-refractivity contribution < 1.29 is 28.3 Å². The number of nitrogens with one attached hydrogen (secondary N) is 1. The fourth-order valence-corrected chi connectivity index (χ4v) is 3.81. The maximum absolute atomic E-state index is 13.6. The highest BCUT2D eigenvalue weighted by Gasteiger charge is 2.50. The first-order valence-corrected chi connectivity index (χ1v) is 10.0. The van der Waals surface area contributed by atoms with E-state index < -0.39 is 35.1 Å². The molecular weight excluding hydrogens is 410 g/mol. The lowest BCUT2D eigenvalue weighted by Crippen LogP contribution is -2.58. The van der Waals surface area contributed by atoms with Crippen molar-refractivity contribution in [1.29, 1.82) is 0 Å². The summed E-state index contributed by atoms with van der Waals surface area (Å²) in [7, 11) is 0. The van der Waals surface area contributed by atoms with Gasteiger partial charge in [0, 0.05) is 10.6 Å². The molecule has 1 heterocycles. The van der Waals surface area contributed by atoms with Gasteiger partial charge in [-0.1, -0.05) is 29.8 Å². The summed E-state index contributed by atoms with van der Waals surface area (Å²) in [4.78, 5) is 38.6. The summed E-state index contributed by atoms with van der Waals surface area (Å²) in [5.41, 5.74) is -1.58. The van der Waals surface area contributed by atoms with E-state index in [1.165, 1.54) is 18.6 Å². The van der Waals surface area contributed by atoms with Crippen LogP contribution in [0.2, 0.25) is 5.02 Å². The topological polar surface area (TPSA) is 94.8 Å². The van der Waals surface area contributed by atoms with Crippen molar-refractivity contribution in [1.82, 2.24) is 5.32 Å². The van der Waals surface area contributed by atoms with Gasteiger partial charge < -0.3 is 19.2 Å². The van der Waals surface area contributed by atoms with Gasteiger partial charge in [-0.3, -0.25) is 4.79 Å². The van der Waals surface area contributed by atoms with Crippen molar-refractivity contribution in [3.8, 4) is 0 Å². The molecule has 0 bridgehead atoms. The molecule has 2 atom stereocenters. The van der Waals surface area contributed by atoms with Crippen molar-refractivity contribution in [2.24, 2.45) is 0 Å². The number of hydrogen-bond donors (Lipinski definition) is 1. The minimum absolute atomic E-state index is 0.205. The number of alkyl carbamates (subject to hydrolysis) is 1. The molecule has 0 radical (unpaired) electrons. The van der Waals surface area contributed by atoms with Gasteiger partial charge in [0.05, 0.1) is 11.8 Å². The van der Waals surface area contributed by atoms with Crippen molar-refractivity contribution in [2.75, 3.05) is 0 Å². The number of carbonyl (C=O) groups is 3. The van der Waals surface area contributed by atoms with Crippen LogP contribution in [0.25, 0.3) is 0 Å². The first kappa shape index (κ1) is 21.9. The zero-order valence-electron chi connectivity index (χ0n) is 17.1. The minimum Gasteiger partial charge on any atom is -0.472 e. The van der Waals surface area contributed by atoms with Crippen molar-refractivity contribution >= 4 is 29.4 Å². The Balaban J connectivity index is 1.94. The average Bonchev–Trinajstić information content (AvgIpc) is 3.19. The Morgan fingerprint density at radius 3 is 2.60 bits per heavy atom. The van der Waals surface area contributed by atoms with E-state index in [0.717, 1.165) is 0 Å². The Morgan fingerprint density at radius 1 is 1.23 bits per heavy atom. The van der Waals surface area contributed by atoms with Crippen LogP contribution in [0.3, 0.4) is 0 Å². The summed E-state index contributed by atoms with van der Waals surface area (Å²) >= 11 is 6.40. The van der Waals surface area contributed by atoms with Crippen LogP contribution < -0.4 is 5.32 Å². The van der Waals surface area contributed by atoms with Gasteiger partial charge in [0.15, 0.2) is 6.10 Å². The van der Waals surface area contributed by atoms with Crippen LogP contribution in [-0.2, 0) is 19.8 Å². The van der Waals surface area contributed by atoms with E-state index in [0.29, 0.717) is 29.8 Å². The molecule has 1 aliphatic carbocycles. The average molecular weight is 434 g/mol. The summed E-state index contributed by atoms with van der Waals surface area (Å²) in [6, 6.07) is 8.24. The number of hydrogen-bond acceptors (Lipinski definition) is 6. The highest BCUT2D eigenvalue weighted by molar-refractivity contribution is 6.31. The SMILES string of the molecule is CC(C)(C)OC(=O)NC1(c2ccccc2Cl)CCCC(OC(=O)c2ccoc2)C1=O. The first-order chi connectivity index (χ1) is 14.1. The molecule has 3 rings (SSSR count). The lowest BCUT2D eigenvalue weighted by atomic mass is 9.74. The molecule has 1 aromatic carbocycles. The van der Waals surface area contributed by atoms with Gasteiger partial charge in [-0.2, -0.15) is 0 Å². The van der Waals surface area contributed by atoms with Gasteiger partial charge in [0.2, 0.25) is 5.78 Å². The molecule has 2 unspecified atom stereocenters. The Kier molecular flexibility index (Phi) is 6.22. The van der Waals surface area contributed by atoms with E-state index in [9.17, 15) is 14.4 Å². The molecule has 1 amide bonds. The normalized spacial score (nSPS) is 21.7. The van der Waals surface area contributed by atoms with E-state index >= 15 is 0 Å². The van der Waals surface area contributed by atoms with Crippen LogP contribution >= 0.6 is 11.6 Å². The molecule has 1 saturated carbocycles. The van der Waals surface area contributed by atoms with Crippen molar-refractivity contribution in [2.45, 2.75) is 57.3 Å². The second-order valence-corrected chi connectivity index (χ2v) is 8.58. The van der Waals surface area contributed by atoms with Crippen LogP contribution in [0, 0.1) is 0 Å². The van der Waals surface area contributed by atoms with Gasteiger partial charge >= 0.3 is 12.1 Å². The number of halogens is 1. The van der Waals surface area contributed by atoms with Crippen molar-refractivity contribution in [3.05, 3.63) is 59.0 Å². The Bertz CT molecular complexity index is 933. The van der Waals surface area contributed by atoms with E-state index in [1.54, 1.807) is 45.0 Å². The molecule has 7 nitrogen and oxygen atoms in total. The van der Waals surface area contributed by atoms with Crippen LogP contribution in [0.1, 0.15) is 56.0 Å². The molecule has 1 aromatic heterocycles. The summed E-state index contributed by atoms with van der Waals surface area (Å²) in [5.74, 6) is -1.13. The molecule has 160 valence electrons. The lowest BCUT2D eigenvalue weighted by Gasteiger charge is -2.40. The molecule has 30 heavy (non-hydrogen) atoms. The van der Waals surface area contributed by atoms with Crippen LogP contribution in [0.5, 0.6) is 0 Å². The second-order valence-electron chi connectivity index (χ2n) is 8.17. The van der Waals surface area contributed by atoms with Crippen LogP contribution in [-0.4, -0.2) is 29.6 Å². The minimum atomic E-state index is -1.47. The number of amides is 1. The number of benzene rings is 1. The van der Waals surface area contributed by atoms with Gasteiger partial charge in [-0.25, -0.2) is 9.59 Å². The third kappa shape index (κ3) is 4.67. The largest absolute Gasteiger partial charge is 0.472 e. The fourth-order valence-electron chi connectivity index (χ4n) is 3.52. The molecule has 0 saturated heterocycles. The number of esters is 1. The van der Waals surface area contributed by atoms with Crippen LogP contribution in [0.15, 0.2) is 47.3 Å². The molecule has 2 aromatic rings. The van der Waals surface area contributed by atoms with Crippen molar-refractivity contribution in [3.63, 3.8) is 0 Å². The maximum Gasteiger partial charge on any atom is 0.408 e. The Labute approximate surface area is 179 Å². The predicted octanol–water partition coefficient (Wildman–Crippen LogP) is 4.63. The predicted molar refractivity (Wildman–Crippen MR) is 109 cm³/mol. The van der Waals surface area contributed by atoms with Gasteiger partial charge in [-0.15, -0.1) is 0 Å². The lowest BCUT2D eigenvalue weighted by molar-refractivity contribution is -0.138. The summed E-state index contributed by atoms with van der Waals surface area (Å²) in [5, 5.41) is 3.05. The number of carbonyl (C=O) groups excluding carboxylic acids is 3. The van der Waals surface area contributed by atoms with E-state index in [1.807, 2.05) is 0 Å². The summed E-state index contributed by atoms with van der Waals surface area (Å²) in [6.45, 7) is 5.19. The number of rotatable bonds is 4. The van der Waals surface area contributed by atoms with E-state index in [2.05, 4.69) is 5.32 Å². The maximum atomic E-state index is 13.6. The zero-order valence-corrected chi connectivity index (χ0v) is 17.8. The monoisotopic (exact) mass is 433 g/mol. The van der Waals surface area contributed by atoms with Crippen LogP contribution in [0.4, 0.5) is 4.79 Å². The number of ether oxygens (including phenoxy) is 2. The Hall–Kier alpha value is -2.80. The number of Topliss-reactive ketones (excluding diaryl/α,β-unsaturated/α-hetero) is 1. The Morgan fingerprint density at radius 2 is 1.97 bits per heavy atom. The highest BCUT2D eigenvalue weighted by atomic mass is 35.5. The number of furan rings is 1. The fraction of sp³-hybridized carbons (Fsp3) is 0.409. The molecule has 0 spiro atoms. The molecule has 1 fully saturated rings. The molecule has 1 aliphatic rings. The van der Waals surface area contributed by atoms with Gasteiger partial charge in [0.25, 0.3) is 0 Å². The molecular formula is C22H24ClNO6. The smallest absolute Gasteiger partial charge is 0.408 e. The zero-order chi connectivity index (χ0) is 21.9. The second kappa shape index (κ2) is 8.52. The third-order valence-electron chi connectivity index (χ3n) is 4.79. The third-order valence-corrected chi connectivity index (χ3v) is 5.11. The quantitative estimate of drug-likeness (QED) is 0.706. The molecule has 1 N–H and O–H groups in total. The summed E-state index contributed by atoms with van der Waals surface area (Å²) in [6.07, 6.45) is 1.95. The highest BCUT2D eigenvalue weighted by Crippen LogP contribution is 2.39. The van der Waals surface area contributed by atoms with E-state index in [4.69, 9.17) is 25.5 Å². The van der Waals surface area contributed by atoms with Gasteiger partial charge in [0.1, 0.15) is 17.4 Å².